The third-order valence-corrected chi connectivity index (χ3v) is 4.46. The highest BCUT2D eigenvalue weighted by Crippen LogP contribution is 2.26. The van der Waals surface area contributed by atoms with Crippen molar-refractivity contribution in [1.82, 2.24) is 10.2 Å². The van der Waals surface area contributed by atoms with Crippen molar-refractivity contribution in [3.05, 3.63) is 35.9 Å². The van der Waals surface area contributed by atoms with E-state index in [1.54, 1.807) is 20.8 Å². The monoisotopic (exact) mass is 392 g/mol. The lowest BCUT2D eigenvalue weighted by Gasteiger charge is -2.39. The minimum Gasteiger partial charge on any atom is -0.469 e. The van der Waals surface area contributed by atoms with E-state index >= 15 is 0 Å². The van der Waals surface area contributed by atoms with Crippen LogP contribution in [0.4, 0.5) is 4.79 Å². The number of benzene rings is 1. The molecule has 28 heavy (non-hydrogen) atoms. The van der Waals surface area contributed by atoms with Crippen molar-refractivity contribution in [3.63, 3.8) is 0 Å². The summed E-state index contributed by atoms with van der Waals surface area (Å²) in [5, 5.41) is 13.3. The van der Waals surface area contributed by atoms with E-state index < -0.39 is 41.5 Å². The molecule has 0 saturated carbocycles. The summed E-state index contributed by atoms with van der Waals surface area (Å²) in [6.07, 6.45) is -1.91. The first-order valence-electron chi connectivity index (χ1n) is 9.18. The average Bonchev–Trinajstić information content (AvgIpc) is 2.65. The van der Waals surface area contributed by atoms with Gasteiger partial charge < -0.3 is 24.8 Å². The molecule has 0 radical (unpaired) electrons. The lowest BCUT2D eigenvalue weighted by atomic mass is 9.85. The molecule has 1 fully saturated rings. The van der Waals surface area contributed by atoms with E-state index in [9.17, 15) is 19.5 Å². The molecule has 3 atom stereocenters. The quantitative estimate of drug-likeness (QED) is 0.749. The predicted molar refractivity (Wildman–Crippen MR) is 101 cm³/mol. The first kappa shape index (κ1) is 21.7. The normalized spacial score (nSPS) is 22.3. The number of nitrogens with one attached hydrogen (secondary N) is 1. The molecule has 0 spiro atoms. The fourth-order valence-electron chi connectivity index (χ4n) is 3.04. The lowest BCUT2D eigenvalue weighted by Crippen LogP contribution is -2.58. The van der Waals surface area contributed by atoms with Crippen LogP contribution in [0.5, 0.6) is 0 Å². The summed E-state index contributed by atoms with van der Waals surface area (Å²) in [6, 6.07) is 9.31. The molecule has 1 aromatic carbocycles. The van der Waals surface area contributed by atoms with Gasteiger partial charge in [-0.25, -0.2) is 4.79 Å². The van der Waals surface area contributed by atoms with Gasteiger partial charge in [0.15, 0.2) is 0 Å². The third-order valence-electron chi connectivity index (χ3n) is 4.46. The molecule has 1 aliphatic heterocycles. The van der Waals surface area contributed by atoms with Gasteiger partial charge in [0.25, 0.3) is 0 Å². The summed E-state index contributed by atoms with van der Waals surface area (Å²) in [5.41, 5.74) is 0.175. The van der Waals surface area contributed by atoms with Gasteiger partial charge in [0.05, 0.1) is 19.1 Å². The van der Waals surface area contributed by atoms with Gasteiger partial charge in [0, 0.05) is 19.6 Å². The number of aliphatic hydroxyl groups is 1. The van der Waals surface area contributed by atoms with Gasteiger partial charge in [-0.2, -0.15) is 0 Å². The Labute approximate surface area is 164 Å². The van der Waals surface area contributed by atoms with Crippen molar-refractivity contribution in [2.75, 3.05) is 20.2 Å². The molecule has 154 valence electrons. The van der Waals surface area contributed by atoms with Crippen molar-refractivity contribution in [3.8, 4) is 0 Å². The zero-order chi connectivity index (χ0) is 20.9. The highest BCUT2D eigenvalue weighted by atomic mass is 16.6. The SMILES string of the molecule is COC(=O)[C@@H]1CN(C(=O)OC(C)(C)C)C[C@H](C(=O)NCc2ccccc2)[C@@H]1O. The number of hydrogen-bond acceptors (Lipinski definition) is 6. The molecule has 1 saturated heterocycles. The van der Waals surface area contributed by atoms with E-state index in [1.165, 1.54) is 12.0 Å². The molecule has 1 heterocycles. The van der Waals surface area contributed by atoms with Crippen molar-refractivity contribution in [2.45, 2.75) is 39.0 Å². The summed E-state index contributed by atoms with van der Waals surface area (Å²) in [5.74, 6) is -3.13. The molecule has 8 heteroatoms. The molecule has 2 amide bonds. The summed E-state index contributed by atoms with van der Waals surface area (Å²) >= 11 is 0. The average molecular weight is 392 g/mol. The Balaban J connectivity index is 2.13. The second-order valence-electron chi connectivity index (χ2n) is 7.82. The number of carbonyl (C=O) groups excluding carboxylic acids is 3. The van der Waals surface area contributed by atoms with Crippen LogP contribution in [0, 0.1) is 11.8 Å². The fraction of sp³-hybridized carbons (Fsp3) is 0.550. The maximum absolute atomic E-state index is 12.7. The van der Waals surface area contributed by atoms with E-state index in [4.69, 9.17) is 9.47 Å². The lowest BCUT2D eigenvalue weighted by molar-refractivity contribution is -0.157. The number of piperidine rings is 1. The molecule has 1 aromatic rings. The number of rotatable bonds is 4. The second-order valence-corrected chi connectivity index (χ2v) is 7.82. The standard InChI is InChI=1S/C20H28N2O6/c1-20(2,3)28-19(26)22-11-14(16(23)15(12-22)18(25)27-4)17(24)21-10-13-8-6-5-7-9-13/h5-9,14-16,23H,10-12H2,1-4H3,(H,21,24)/t14-,15+,16-/m0/s1. The van der Waals surface area contributed by atoms with Crippen LogP contribution < -0.4 is 5.32 Å². The van der Waals surface area contributed by atoms with Crippen LogP contribution >= 0.6 is 0 Å². The first-order chi connectivity index (χ1) is 13.1. The molecule has 0 aromatic heterocycles. The Kier molecular flexibility index (Phi) is 7.01. The Morgan fingerprint density at radius 2 is 1.75 bits per heavy atom. The van der Waals surface area contributed by atoms with Crippen LogP contribution in [0.25, 0.3) is 0 Å². The fourth-order valence-corrected chi connectivity index (χ4v) is 3.04. The molecule has 0 bridgehead atoms. The molecule has 0 aliphatic carbocycles. The minimum absolute atomic E-state index is 0.0514. The molecule has 8 nitrogen and oxygen atoms in total. The number of carbonyl (C=O) groups is 3. The van der Waals surface area contributed by atoms with Crippen LogP contribution in [0.15, 0.2) is 30.3 Å². The molecular weight excluding hydrogens is 364 g/mol. The number of ether oxygens (including phenoxy) is 2. The van der Waals surface area contributed by atoms with Gasteiger partial charge >= 0.3 is 12.1 Å². The molecule has 1 aliphatic rings. The maximum atomic E-state index is 12.7. The number of nitrogens with zero attached hydrogens (tertiary/aromatic N) is 1. The van der Waals surface area contributed by atoms with Crippen LogP contribution in [-0.4, -0.2) is 59.9 Å². The Morgan fingerprint density at radius 3 is 2.32 bits per heavy atom. The highest BCUT2D eigenvalue weighted by molar-refractivity contribution is 5.83. The highest BCUT2D eigenvalue weighted by Gasteiger charge is 2.45. The predicted octanol–water partition coefficient (Wildman–Crippen LogP) is 1.32. The van der Waals surface area contributed by atoms with E-state index in [1.807, 2.05) is 30.3 Å². The van der Waals surface area contributed by atoms with Crippen LogP contribution in [-0.2, 0) is 25.6 Å². The van der Waals surface area contributed by atoms with Crippen LogP contribution in [0.2, 0.25) is 0 Å². The van der Waals surface area contributed by atoms with Crippen LogP contribution in [0.1, 0.15) is 26.3 Å². The van der Waals surface area contributed by atoms with E-state index in [-0.39, 0.29) is 19.6 Å². The van der Waals surface area contributed by atoms with Gasteiger partial charge in [-0.1, -0.05) is 30.3 Å². The number of esters is 1. The Morgan fingerprint density at radius 1 is 1.14 bits per heavy atom. The first-order valence-corrected chi connectivity index (χ1v) is 9.18. The Bertz CT molecular complexity index is 700. The minimum atomic E-state index is -1.26. The number of amides is 2. The summed E-state index contributed by atoms with van der Waals surface area (Å²) in [4.78, 5) is 38.5. The number of methoxy groups -OCH3 is 1. The van der Waals surface area contributed by atoms with E-state index in [2.05, 4.69) is 5.32 Å². The van der Waals surface area contributed by atoms with Gasteiger partial charge in [0.1, 0.15) is 11.5 Å². The van der Waals surface area contributed by atoms with Gasteiger partial charge in [-0.3, -0.25) is 9.59 Å². The van der Waals surface area contributed by atoms with Crippen molar-refractivity contribution in [1.29, 1.82) is 0 Å². The summed E-state index contributed by atoms with van der Waals surface area (Å²) < 4.78 is 10.1. The maximum Gasteiger partial charge on any atom is 0.410 e. The van der Waals surface area contributed by atoms with Gasteiger partial charge in [0.2, 0.25) is 5.91 Å². The third kappa shape index (κ3) is 5.69. The zero-order valence-corrected chi connectivity index (χ0v) is 16.7. The summed E-state index contributed by atoms with van der Waals surface area (Å²) in [6.45, 7) is 5.33. The van der Waals surface area contributed by atoms with Gasteiger partial charge in [-0.05, 0) is 26.3 Å². The van der Waals surface area contributed by atoms with E-state index in [0.29, 0.717) is 0 Å². The topological polar surface area (TPSA) is 105 Å². The number of aliphatic hydroxyl groups excluding tert-OH is 1. The smallest absolute Gasteiger partial charge is 0.410 e. The van der Waals surface area contributed by atoms with Crippen molar-refractivity contribution < 1.29 is 29.0 Å². The molecule has 0 unspecified atom stereocenters. The van der Waals surface area contributed by atoms with Gasteiger partial charge in [-0.15, -0.1) is 0 Å². The molecule has 2 N–H and O–H groups in total. The van der Waals surface area contributed by atoms with Crippen LogP contribution in [0.3, 0.4) is 0 Å². The Hall–Kier alpha value is -2.61. The summed E-state index contributed by atoms with van der Waals surface area (Å²) in [7, 11) is 1.20. The molecular formula is C20H28N2O6. The largest absolute Gasteiger partial charge is 0.469 e. The number of likely N-dealkylation sites (tertiary alicyclic amines) is 1. The van der Waals surface area contributed by atoms with E-state index in [0.717, 1.165) is 5.56 Å². The second kappa shape index (κ2) is 9.05. The van der Waals surface area contributed by atoms with Crippen molar-refractivity contribution in [2.24, 2.45) is 11.8 Å². The number of hydrogen-bond donors (Lipinski definition) is 2. The zero-order valence-electron chi connectivity index (χ0n) is 16.7. The molecule has 2 rings (SSSR count). The van der Waals surface area contributed by atoms with Crippen molar-refractivity contribution >= 4 is 18.0 Å².